The lowest BCUT2D eigenvalue weighted by Crippen LogP contribution is -2.21. The van der Waals surface area contributed by atoms with Crippen LogP contribution in [0, 0.1) is 11.2 Å². The standard InChI is InChI=1S/C20H22F4N6O2/c1-26-16(8-11(25)6-7-31)30-17-9-15(13(10-28-17)20(22,23)24)29-18-12(19(32)27-2)4-3-5-14(18)21/h3-5,9-10,25,31H,6-8H2,1-2H3,(H,27,32)(H2,26,28,29,30). The summed E-state index contributed by atoms with van der Waals surface area (Å²) in [7, 11) is 2.74. The van der Waals surface area contributed by atoms with Gasteiger partial charge in [-0.15, -0.1) is 0 Å². The smallest absolute Gasteiger partial charge is 0.396 e. The van der Waals surface area contributed by atoms with Crippen molar-refractivity contribution in [1.82, 2.24) is 10.3 Å². The predicted molar refractivity (Wildman–Crippen MR) is 113 cm³/mol. The van der Waals surface area contributed by atoms with Crippen molar-refractivity contribution in [3.63, 3.8) is 0 Å². The van der Waals surface area contributed by atoms with Crippen molar-refractivity contribution in [1.29, 1.82) is 5.41 Å². The molecule has 5 N–H and O–H groups in total. The van der Waals surface area contributed by atoms with Gasteiger partial charge in [-0.3, -0.25) is 9.79 Å². The molecule has 0 saturated heterocycles. The molecule has 0 atom stereocenters. The Morgan fingerprint density at radius 2 is 2.03 bits per heavy atom. The van der Waals surface area contributed by atoms with Gasteiger partial charge in [0.15, 0.2) is 0 Å². The number of aliphatic imine (C=N–C) groups is 1. The average Bonchev–Trinajstić information content (AvgIpc) is 2.73. The Labute approximate surface area is 181 Å². The van der Waals surface area contributed by atoms with Gasteiger partial charge in [-0.25, -0.2) is 9.37 Å². The lowest BCUT2D eigenvalue weighted by atomic mass is 10.1. The Balaban J connectivity index is 2.46. The van der Waals surface area contributed by atoms with Gasteiger partial charge in [0.2, 0.25) is 0 Å². The molecule has 1 heterocycles. The number of aromatic nitrogens is 1. The minimum absolute atomic E-state index is 0.0245. The molecule has 2 aromatic rings. The topological polar surface area (TPSA) is 122 Å². The van der Waals surface area contributed by atoms with Gasteiger partial charge in [-0.2, -0.15) is 13.2 Å². The van der Waals surface area contributed by atoms with Crippen molar-refractivity contribution in [3.8, 4) is 0 Å². The summed E-state index contributed by atoms with van der Waals surface area (Å²) in [5.41, 5.74) is -2.15. The number of aliphatic hydroxyl groups excluding tert-OH is 1. The number of para-hydroxylation sites is 1. The molecule has 12 heteroatoms. The van der Waals surface area contributed by atoms with Crippen LogP contribution in [0.2, 0.25) is 0 Å². The molecule has 172 valence electrons. The second-order valence-electron chi connectivity index (χ2n) is 6.53. The van der Waals surface area contributed by atoms with Gasteiger partial charge >= 0.3 is 6.18 Å². The fourth-order valence-corrected chi connectivity index (χ4v) is 2.72. The van der Waals surface area contributed by atoms with Gasteiger partial charge in [-0.05, 0) is 12.1 Å². The number of alkyl halides is 3. The summed E-state index contributed by atoms with van der Waals surface area (Å²) in [5.74, 6) is -1.41. The molecular weight excluding hydrogens is 432 g/mol. The Morgan fingerprint density at radius 1 is 1.31 bits per heavy atom. The van der Waals surface area contributed by atoms with Crippen molar-refractivity contribution in [2.24, 2.45) is 4.99 Å². The van der Waals surface area contributed by atoms with Crippen molar-refractivity contribution >= 4 is 34.6 Å². The fourth-order valence-electron chi connectivity index (χ4n) is 2.72. The molecule has 0 radical (unpaired) electrons. The van der Waals surface area contributed by atoms with E-state index in [1.807, 2.05) is 0 Å². The van der Waals surface area contributed by atoms with E-state index < -0.39 is 34.8 Å². The highest BCUT2D eigenvalue weighted by molar-refractivity contribution is 6.08. The van der Waals surface area contributed by atoms with Crippen molar-refractivity contribution in [2.75, 3.05) is 31.3 Å². The van der Waals surface area contributed by atoms with Crippen LogP contribution in [0.25, 0.3) is 0 Å². The minimum atomic E-state index is -4.81. The quantitative estimate of drug-likeness (QED) is 0.237. The lowest BCUT2D eigenvalue weighted by molar-refractivity contribution is -0.137. The summed E-state index contributed by atoms with van der Waals surface area (Å²) in [4.78, 5) is 19.7. The first-order valence-electron chi connectivity index (χ1n) is 9.35. The van der Waals surface area contributed by atoms with Gasteiger partial charge < -0.3 is 26.5 Å². The van der Waals surface area contributed by atoms with E-state index in [0.717, 1.165) is 12.1 Å². The zero-order valence-corrected chi connectivity index (χ0v) is 17.3. The number of rotatable bonds is 8. The highest BCUT2D eigenvalue weighted by Crippen LogP contribution is 2.37. The van der Waals surface area contributed by atoms with E-state index >= 15 is 0 Å². The molecule has 0 bridgehead atoms. The third kappa shape index (κ3) is 6.23. The maximum Gasteiger partial charge on any atom is 0.419 e. The summed E-state index contributed by atoms with van der Waals surface area (Å²) in [6.45, 7) is -0.223. The summed E-state index contributed by atoms with van der Waals surface area (Å²) in [6.07, 6.45) is -4.10. The molecule has 1 aromatic heterocycles. The summed E-state index contributed by atoms with van der Waals surface area (Å²) >= 11 is 0. The van der Waals surface area contributed by atoms with Crippen LogP contribution < -0.4 is 16.0 Å². The fraction of sp³-hybridized carbons (Fsp3) is 0.300. The molecule has 0 saturated carbocycles. The van der Waals surface area contributed by atoms with E-state index in [1.54, 1.807) is 0 Å². The molecule has 32 heavy (non-hydrogen) atoms. The van der Waals surface area contributed by atoms with Crippen LogP contribution in [0.5, 0.6) is 0 Å². The summed E-state index contributed by atoms with van der Waals surface area (Å²) in [6, 6.07) is 4.55. The maximum atomic E-state index is 14.4. The van der Waals surface area contributed by atoms with Gasteiger partial charge in [0.1, 0.15) is 17.5 Å². The summed E-state index contributed by atoms with van der Waals surface area (Å²) < 4.78 is 55.1. The van der Waals surface area contributed by atoms with Crippen LogP contribution in [-0.4, -0.2) is 48.2 Å². The van der Waals surface area contributed by atoms with Gasteiger partial charge in [-0.1, -0.05) is 6.07 Å². The molecule has 0 fully saturated rings. The number of pyridine rings is 1. The first-order chi connectivity index (χ1) is 15.1. The second kappa shape index (κ2) is 10.7. The van der Waals surface area contributed by atoms with Crippen LogP contribution in [0.15, 0.2) is 35.5 Å². The number of hydrogen-bond donors (Lipinski definition) is 5. The number of amides is 1. The number of nitrogens with one attached hydrogen (secondary N) is 4. The molecule has 0 unspecified atom stereocenters. The van der Waals surface area contributed by atoms with Crippen molar-refractivity contribution in [3.05, 3.63) is 47.4 Å². The van der Waals surface area contributed by atoms with Gasteiger partial charge in [0.05, 0.1) is 22.5 Å². The largest absolute Gasteiger partial charge is 0.419 e. The highest BCUT2D eigenvalue weighted by Gasteiger charge is 2.35. The van der Waals surface area contributed by atoms with Crippen LogP contribution in [0.4, 0.5) is 34.8 Å². The van der Waals surface area contributed by atoms with E-state index in [0.29, 0.717) is 6.20 Å². The average molecular weight is 454 g/mol. The second-order valence-corrected chi connectivity index (χ2v) is 6.53. The van der Waals surface area contributed by atoms with E-state index in [1.165, 1.54) is 26.2 Å². The van der Waals surface area contributed by atoms with Crippen LogP contribution in [0.3, 0.4) is 0 Å². The number of carbonyl (C=O) groups excluding carboxylic acids is 1. The maximum absolute atomic E-state index is 14.4. The third-order valence-corrected chi connectivity index (χ3v) is 4.29. The Kier molecular flexibility index (Phi) is 8.24. The molecule has 0 aliphatic heterocycles. The minimum Gasteiger partial charge on any atom is -0.396 e. The van der Waals surface area contributed by atoms with E-state index in [4.69, 9.17) is 10.5 Å². The van der Waals surface area contributed by atoms with E-state index in [-0.39, 0.29) is 42.4 Å². The normalized spacial score (nSPS) is 11.8. The number of benzene rings is 1. The van der Waals surface area contributed by atoms with Crippen molar-refractivity contribution in [2.45, 2.75) is 19.0 Å². The monoisotopic (exact) mass is 454 g/mol. The number of anilines is 3. The zero-order valence-electron chi connectivity index (χ0n) is 17.3. The third-order valence-electron chi connectivity index (χ3n) is 4.29. The van der Waals surface area contributed by atoms with Crippen LogP contribution >= 0.6 is 0 Å². The first kappa shape index (κ1) is 24.7. The number of hydrogen-bond acceptors (Lipinski definition) is 6. The molecule has 2 rings (SSSR count). The molecule has 0 aliphatic carbocycles. The first-order valence-corrected chi connectivity index (χ1v) is 9.35. The number of aliphatic hydroxyl groups is 1. The molecule has 1 amide bonds. The number of nitrogens with zero attached hydrogens (tertiary/aromatic N) is 2. The number of amidine groups is 1. The Bertz CT molecular complexity index is 1020. The highest BCUT2D eigenvalue weighted by atomic mass is 19.4. The zero-order chi connectivity index (χ0) is 23.9. The Hall–Kier alpha value is -3.54. The van der Waals surface area contributed by atoms with Gasteiger partial charge in [0, 0.05) is 51.5 Å². The molecular formula is C20H22F4N6O2. The predicted octanol–water partition coefficient (Wildman–Crippen LogP) is 3.58. The molecule has 0 spiro atoms. The van der Waals surface area contributed by atoms with Crippen molar-refractivity contribution < 1.29 is 27.5 Å². The number of carbonyl (C=O) groups is 1. The van der Waals surface area contributed by atoms with Crippen LogP contribution in [0.1, 0.15) is 28.8 Å². The molecule has 0 aliphatic rings. The summed E-state index contributed by atoms with van der Waals surface area (Å²) in [5, 5.41) is 24.1. The van der Waals surface area contributed by atoms with Crippen LogP contribution in [-0.2, 0) is 6.18 Å². The van der Waals surface area contributed by atoms with E-state index in [9.17, 15) is 22.4 Å². The SMILES string of the molecule is CN=C(CC(=N)CCO)Nc1cc(Nc2c(F)cccc2C(=O)NC)c(C(F)(F)F)cn1. The Morgan fingerprint density at radius 3 is 2.62 bits per heavy atom. The van der Waals surface area contributed by atoms with E-state index in [2.05, 4.69) is 25.9 Å². The molecule has 8 nitrogen and oxygen atoms in total. The molecule has 1 aromatic carbocycles. The lowest BCUT2D eigenvalue weighted by Gasteiger charge is -2.18. The number of halogens is 4. The van der Waals surface area contributed by atoms with Gasteiger partial charge in [0.25, 0.3) is 5.91 Å².